The molecule has 2 saturated heterocycles. The summed E-state index contributed by atoms with van der Waals surface area (Å²) in [5, 5.41) is 12.0. The lowest BCUT2D eigenvalue weighted by molar-refractivity contribution is -0.272. The minimum Gasteiger partial charge on any atom is -0.414 e. The third kappa shape index (κ3) is 3.87. The third-order valence-electron chi connectivity index (χ3n) is 13.7. The molecule has 0 unspecified atom stereocenters. The van der Waals surface area contributed by atoms with E-state index in [1.165, 1.54) is 37.7 Å². The average molecular weight is 545 g/mol. The van der Waals surface area contributed by atoms with E-state index in [-0.39, 0.29) is 28.4 Å². The van der Waals surface area contributed by atoms with Gasteiger partial charge in [0.25, 0.3) is 0 Å². The largest absolute Gasteiger partial charge is 0.414 e. The molecule has 0 radical (unpaired) electrons. The van der Waals surface area contributed by atoms with Gasteiger partial charge in [-0.25, -0.2) is 0 Å². The number of aliphatic hydroxyl groups excluding tert-OH is 1. The molecular formula is C33H56O4Si. The predicted octanol–water partition coefficient (Wildman–Crippen LogP) is 7.71. The topological polar surface area (TPSA) is 47.9 Å². The highest BCUT2D eigenvalue weighted by molar-refractivity contribution is 6.74. The lowest BCUT2D eigenvalue weighted by Crippen LogP contribution is -2.57. The SMILES string of the molecule is C[C@@H]1CC[C@@]2(OC1)O[C@H]1C[C@H]3[C@@H]4CC=C5C[C@@H](O[Si](C)(C)C(C)(C)C)C[C@@H](O)[C@]5(C)[C@H]4CC[C@]3(C)[C@H]1[C@@H]2C. The molecular weight excluding hydrogens is 488 g/mol. The minimum atomic E-state index is -1.87. The summed E-state index contributed by atoms with van der Waals surface area (Å²) in [5.74, 6) is 3.27. The summed E-state index contributed by atoms with van der Waals surface area (Å²) < 4.78 is 20.3. The maximum atomic E-state index is 11.8. The van der Waals surface area contributed by atoms with Crippen molar-refractivity contribution >= 4 is 8.32 Å². The number of aliphatic hydroxyl groups is 1. The van der Waals surface area contributed by atoms with Gasteiger partial charge in [-0.05, 0) is 98.1 Å². The monoisotopic (exact) mass is 544 g/mol. The Kier molecular flexibility index (Phi) is 6.54. The molecule has 6 rings (SSSR count). The van der Waals surface area contributed by atoms with Crippen LogP contribution in [0.4, 0.5) is 0 Å². The third-order valence-corrected chi connectivity index (χ3v) is 18.2. The highest BCUT2D eigenvalue weighted by Crippen LogP contribution is 2.70. The Morgan fingerprint density at radius 2 is 1.79 bits per heavy atom. The van der Waals surface area contributed by atoms with Crippen molar-refractivity contribution in [1.82, 2.24) is 0 Å². The number of ether oxygens (including phenoxy) is 2. The van der Waals surface area contributed by atoms with E-state index in [9.17, 15) is 5.11 Å². The van der Waals surface area contributed by atoms with Crippen LogP contribution in [0.25, 0.3) is 0 Å². The van der Waals surface area contributed by atoms with Crippen LogP contribution < -0.4 is 0 Å². The molecule has 6 aliphatic rings. The summed E-state index contributed by atoms with van der Waals surface area (Å²) in [6, 6.07) is 0. The Bertz CT molecular complexity index is 961. The van der Waals surface area contributed by atoms with Gasteiger partial charge in [0.15, 0.2) is 14.1 Å². The van der Waals surface area contributed by atoms with Gasteiger partial charge in [-0.1, -0.05) is 60.1 Å². The van der Waals surface area contributed by atoms with E-state index >= 15 is 0 Å². The first-order valence-corrected chi connectivity index (χ1v) is 18.9. The van der Waals surface area contributed by atoms with Crippen LogP contribution in [-0.4, -0.2) is 44.1 Å². The number of rotatable bonds is 2. The first-order chi connectivity index (χ1) is 17.6. The van der Waals surface area contributed by atoms with Crippen LogP contribution in [0.5, 0.6) is 0 Å². The van der Waals surface area contributed by atoms with E-state index in [4.69, 9.17) is 13.9 Å². The smallest absolute Gasteiger partial charge is 0.192 e. The molecule has 38 heavy (non-hydrogen) atoms. The maximum Gasteiger partial charge on any atom is 0.192 e. The molecule has 0 aromatic rings. The summed E-state index contributed by atoms with van der Waals surface area (Å²) in [7, 11) is -1.87. The summed E-state index contributed by atoms with van der Waals surface area (Å²) >= 11 is 0. The van der Waals surface area contributed by atoms with Gasteiger partial charge in [0.1, 0.15) is 0 Å². The van der Waals surface area contributed by atoms with Crippen molar-refractivity contribution in [3.63, 3.8) is 0 Å². The van der Waals surface area contributed by atoms with Crippen LogP contribution in [0.1, 0.15) is 99.8 Å². The van der Waals surface area contributed by atoms with Crippen molar-refractivity contribution in [2.45, 2.75) is 142 Å². The molecule has 5 fully saturated rings. The quantitative estimate of drug-likeness (QED) is 0.286. The second-order valence-corrected chi connectivity index (χ2v) is 21.4. The summed E-state index contributed by atoms with van der Waals surface area (Å²) in [5.41, 5.74) is 1.71. The van der Waals surface area contributed by atoms with Crippen LogP contribution >= 0.6 is 0 Å². The first-order valence-electron chi connectivity index (χ1n) is 16.0. The molecule has 3 saturated carbocycles. The van der Waals surface area contributed by atoms with Crippen molar-refractivity contribution in [1.29, 1.82) is 0 Å². The Labute approximate surface area is 233 Å². The standard InChI is InChI=1S/C33H56O4Si/c1-20-12-15-33(35-19-20)21(2)29-27(36-33)18-26-24-11-10-22-16-23(37-38(8,9)30(3,4)5)17-28(34)32(22,7)25(24)13-14-31(26,29)6/h10,20-21,23-29,34H,11-19H2,1-9H3/t20-,21+,23-,24-,25+,26+,27+,28-,29+,31+,32+,33-/m1/s1. The highest BCUT2D eigenvalue weighted by Gasteiger charge is 2.69. The number of hydrogen-bond donors (Lipinski definition) is 1. The van der Waals surface area contributed by atoms with Crippen LogP contribution in [0.3, 0.4) is 0 Å². The zero-order chi connectivity index (χ0) is 27.5. The van der Waals surface area contributed by atoms with E-state index in [2.05, 4.69) is 67.6 Å². The van der Waals surface area contributed by atoms with Crippen LogP contribution in [0.2, 0.25) is 18.1 Å². The minimum absolute atomic E-state index is 0.106. The van der Waals surface area contributed by atoms with Crippen molar-refractivity contribution in [3.8, 4) is 0 Å². The van der Waals surface area contributed by atoms with Crippen molar-refractivity contribution in [2.75, 3.05) is 6.61 Å². The lowest BCUT2D eigenvalue weighted by Gasteiger charge is -2.60. The van der Waals surface area contributed by atoms with E-state index in [0.717, 1.165) is 25.9 Å². The van der Waals surface area contributed by atoms with Gasteiger partial charge >= 0.3 is 0 Å². The van der Waals surface area contributed by atoms with Gasteiger partial charge in [0.05, 0.1) is 24.9 Å². The number of hydrogen-bond acceptors (Lipinski definition) is 4. The van der Waals surface area contributed by atoms with Crippen molar-refractivity contribution in [2.24, 2.45) is 46.3 Å². The molecule has 5 heteroatoms. The van der Waals surface area contributed by atoms with Gasteiger partial charge in [-0.3, -0.25) is 0 Å². The first kappa shape index (κ1) is 27.9. The Balaban J connectivity index is 1.22. The second-order valence-electron chi connectivity index (χ2n) is 16.6. The van der Waals surface area contributed by atoms with E-state index in [0.29, 0.717) is 47.0 Å². The summed E-state index contributed by atoms with van der Waals surface area (Å²) in [4.78, 5) is 0. The molecule has 0 amide bonds. The summed E-state index contributed by atoms with van der Waals surface area (Å²) in [6.45, 7) is 22.2. The van der Waals surface area contributed by atoms with Gasteiger partial charge in [0, 0.05) is 17.8 Å². The van der Waals surface area contributed by atoms with E-state index < -0.39 is 8.32 Å². The van der Waals surface area contributed by atoms with Crippen molar-refractivity contribution in [3.05, 3.63) is 11.6 Å². The van der Waals surface area contributed by atoms with Crippen molar-refractivity contribution < 1.29 is 19.0 Å². The molecule has 0 bridgehead atoms. The van der Waals surface area contributed by atoms with Gasteiger partial charge < -0.3 is 19.0 Å². The molecule has 1 spiro atoms. The zero-order valence-electron chi connectivity index (χ0n) is 25.8. The molecule has 4 nitrogen and oxygen atoms in total. The number of fused-ring (bicyclic) bond motifs is 7. The second kappa shape index (κ2) is 8.90. The molecule has 0 aromatic heterocycles. The van der Waals surface area contributed by atoms with Gasteiger partial charge in [-0.2, -0.15) is 0 Å². The summed E-state index contributed by atoms with van der Waals surface area (Å²) in [6.07, 6.45) is 11.7. The Morgan fingerprint density at radius 1 is 1.05 bits per heavy atom. The molecule has 2 heterocycles. The average Bonchev–Trinajstić information content (AvgIpc) is 3.26. The van der Waals surface area contributed by atoms with E-state index in [1.54, 1.807) is 0 Å². The fraction of sp³-hybridized carbons (Fsp3) is 0.939. The molecule has 12 atom stereocenters. The zero-order valence-corrected chi connectivity index (χ0v) is 26.8. The van der Waals surface area contributed by atoms with E-state index in [1.807, 2.05) is 0 Å². The predicted molar refractivity (Wildman–Crippen MR) is 155 cm³/mol. The van der Waals surface area contributed by atoms with Gasteiger partial charge in [0.2, 0.25) is 0 Å². The highest BCUT2D eigenvalue weighted by atomic mass is 28.4. The van der Waals surface area contributed by atoms with Gasteiger partial charge in [-0.15, -0.1) is 0 Å². The normalized spacial score (nSPS) is 52.7. The number of allylic oxidation sites excluding steroid dienone is 1. The maximum absolute atomic E-state index is 11.8. The molecule has 4 aliphatic carbocycles. The fourth-order valence-corrected chi connectivity index (χ4v) is 11.8. The Morgan fingerprint density at radius 3 is 2.45 bits per heavy atom. The molecule has 2 aliphatic heterocycles. The lowest BCUT2D eigenvalue weighted by atomic mass is 9.46. The molecule has 216 valence electrons. The van der Waals surface area contributed by atoms with Crippen LogP contribution in [0, 0.1) is 46.3 Å². The Hall–Kier alpha value is -0.203. The molecule has 1 N–H and O–H groups in total. The molecule has 0 aromatic carbocycles. The van der Waals surface area contributed by atoms with Crippen LogP contribution in [-0.2, 0) is 13.9 Å². The fourth-order valence-electron chi connectivity index (χ4n) is 10.4. The van der Waals surface area contributed by atoms with Crippen LogP contribution in [0.15, 0.2) is 11.6 Å².